The number of esters is 4. The number of cyclic esters (lactones) is 3. The minimum Gasteiger partial charge on any atom is -1.00 e. The molecule has 15 rings (SSSR count). The zero-order valence-electron chi connectivity index (χ0n) is 68.1. The van der Waals surface area contributed by atoms with Crippen LogP contribution in [-0.4, -0.2) is 90.9 Å². The van der Waals surface area contributed by atoms with Gasteiger partial charge in [-0.15, -0.1) is 0 Å². The number of carbonyl (C=O) groups is 5. The number of nitrogens with one attached hydrogen (secondary N) is 1. The van der Waals surface area contributed by atoms with Crippen molar-refractivity contribution in [3.63, 3.8) is 0 Å². The van der Waals surface area contributed by atoms with E-state index in [2.05, 4.69) is 89.5 Å². The molecule has 3 aliphatic rings. The standard InChI is InChI=1S/C20H12F6N2O4.C19H9ClF6N2O3.C19H10F6N2O4.C13H12N2O5.C9H5BrF6.CH4.Cl3OP.HI.Li/c1-30-18-27-15(12-3-2-4-31-12)14-16(28-18)13(32-17(14)29)7-9-5-10(19(21,22)23)8-11(6-9)20(24,25)26;20-17-27-14(11-2-1-3-30-11)13-15(28-17)12(31-16(13)29)6-8-4-9(18(21,22)23)7-10(5-8)19(24,25)26;20-18(21,22)9-4-8(5-10(7-9)19(23,24)25)6-12-15-13(16(28)31-12)14(26-17(29)27-15)11-2-1-3-30-11;1-3-19-12(17)10-8(7-16)14-13(18-2)15-11(10)9-5-4-6-20-9;10-4-5-1-6(8(11,12)13)3-7(2-5)9(14,15)16;;1-5(2,3)4;;/h2-6,8,13H,7H2,1H3;1-5,7,12H,6H2;1-5,7,12H,6H2,(H,26,27,29);4-7H,3H2,1-2H3;1-3H,4H2;1H4;;1H;/q;;;;;;;;+1/p-1. The van der Waals surface area contributed by atoms with E-state index in [0.29, 0.717) is 60.6 Å². The van der Waals surface area contributed by atoms with Gasteiger partial charge in [0.2, 0.25) is 5.28 Å². The number of carbonyl (C=O) groups excluding carboxylic acids is 5. The zero-order valence-corrected chi connectivity index (χ0v) is 75.7. The minimum absolute atomic E-state index is 0. The molecule has 0 spiro atoms. The van der Waals surface area contributed by atoms with Crippen LogP contribution in [0.1, 0.15) is 168 Å². The van der Waals surface area contributed by atoms with Gasteiger partial charge in [0.25, 0.3) is 0 Å². The number of aromatic nitrogens is 8. The van der Waals surface area contributed by atoms with Crippen LogP contribution in [0.2, 0.25) is 5.28 Å². The van der Waals surface area contributed by atoms with Crippen molar-refractivity contribution in [2.75, 3.05) is 20.8 Å². The van der Waals surface area contributed by atoms with Crippen molar-refractivity contribution in [1.82, 2.24) is 39.9 Å². The van der Waals surface area contributed by atoms with Gasteiger partial charge in [-0.05, 0) is 196 Å². The molecule has 3 atom stereocenters. The van der Waals surface area contributed by atoms with Crippen molar-refractivity contribution in [2.45, 2.75) is 107 Å². The van der Waals surface area contributed by atoms with E-state index < -0.39 is 166 Å². The number of alkyl halides is 25. The largest absolute Gasteiger partial charge is 1.00 e. The van der Waals surface area contributed by atoms with Crippen LogP contribution < -0.4 is 58.0 Å². The summed E-state index contributed by atoms with van der Waals surface area (Å²) in [4.78, 5) is 102. The first-order chi connectivity index (χ1) is 62.7. The van der Waals surface area contributed by atoms with Crippen molar-refractivity contribution >= 4 is 96.6 Å². The summed E-state index contributed by atoms with van der Waals surface area (Å²) in [6, 6.07) is 16.9. The fourth-order valence-corrected chi connectivity index (χ4v) is 13.0. The van der Waals surface area contributed by atoms with Gasteiger partial charge in [0.05, 0.1) is 96.1 Å². The number of benzene rings is 4. The topological polar surface area (TPSA) is 333 Å². The Balaban J connectivity index is 0.000000235. The monoisotopic (exact) mass is 2250 g/mol. The molecule has 0 saturated carbocycles. The van der Waals surface area contributed by atoms with Crippen molar-refractivity contribution in [2.24, 2.45) is 0 Å². The Bertz CT molecular complexity index is 6330. The first-order valence-corrected chi connectivity index (χ1v) is 42.5. The van der Waals surface area contributed by atoms with Gasteiger partial charge < -0.3 is 75.1 Å². The number of fused-ring (bicyclic) bond motifs is 3. The van der Waals surface area contributed by atoms with Gasteiger partial charge in [0, 0.05) is 24.6 Å². The number of aromatic amines is 1. The number of rotatable bonds is 16. The van der Waals surface area contributed by atoms with Crippen molar-refractivity contribution in [3.05, 3.63) is 274 Å². The fraction of sp³-hybridized carbons (Fsp3) is 0.247. The van der Waals surface area contributed by atoms with Gasteiger partial charge in [0.1, 0.15) is 80.4 Å². The molecule has 3 aliphatic heterocycles. The summed E-state index contributed by atoms with van der Waals surface area (Å²) in [6.45, 7) is 1.83. The number of hydrogen-bond acceptors (Lipinski definition) is 24. The van der Waals surface area contributed by atoms with E-state index >= 15 is 0 Å². The quantitative estimate of drug-likeness (QED) is 0.0108. The zero-order chi connectivity index (χ0) is 100.0. The second kappa shape index (κ2) is 45.4. The molecular formula is C81H52BrCl4F24ILiN8O17P. The maximum absolute atomic E-state index is 13.2. The first-order valence-electron chi connectivity index (χ1n) is 36.6. The molecule has 12 aromatic rings. The minimum atomic E-state index is -5.02. The van der Waals surface area contributed by atoms with Gasteiger partial charge in [-0.3, -0.25) is 9.36 Å². The van der Waals surface area contributed by atoms with Gasteiger partial charge in [0.15, 0.2) is 29.3 Å². The van der Waals surface area contributed by atoms with Gasteiger partial charge >= 0.3 is 115 Å². The van der Waals surface area contributed by atoms with Gasteiger partial charge in [-0.25, -0.2) is 33.9 Å². The maximum atomic E-state index is 13.2. The van der Waals surface area contributed by atoms with Crippen molar-refractivity contribution < 1.29 is 223 Å². The number of aldehydes is 1. The van der Waals surface area contributed by atoms with E-state index in [0.717, 1.165) is 0 Å². The van der Waals surface area contributed by atoms with Crippen molar-refractivity contribution in [3.8, 4) is 57.8 Å². The van der Waals surface area contributed by atoms with Crippen LogP contribution in [0.3, 0.4) is 0 Å². The summed E-state index contributed by atoms with van der Waals surface area (Å²) >= 11 is 22.6. The maximum Gasteiger partial charge on any atom is 1.00 e. The summed E-state index contributed by atoms with van der Waals surface area (Å²) in [5.74, 6) is -2.69. The number of methoxy groups -OCH3 is 2. The Morgan fingerprint density at radius 2 is 0.732 bits per heavy atom. The SMILES string of the molecule is C.CCOC(=O)c1c(C=O)nc(OC)nc1-c1ccco1.COc1nc(-c2ccco2)c2c(n1)C(Cc1cc(C(F)(F)F)cc(C(F)(F)F)c1)OC2=O.FC(F)(F)c1cc(CBr)cc(C(F)(F)F)c1.O=C1OC(Cc2cc(C(F)(F)F)cc(C(F)(F)F)c2)c2[nH]c(=O)nc(-c3ccco3)c21.O=C1OC(Cc2cc(C(F)(F)F)cc(C(F)(F)F)c2)c2nc(Cl)nc(-c3ccco3)c21.O=P(Cl)(Cl)Cl.[I-].[Li+]. The van der Waals surface area contributed by atoms with Crippen LogP contribution in [-0.2, 0) is 97.5 Å². The van der Waals surface area contributed by atoms with E-state index in [4.69, 9.17) is 57.7 Å². The van der Waals surface area contributed by atoms with E-state index in [9.17, 15) is 139 Å². The van der Waals surface area contributed by atoms with E-state index in [1.54, 1.807) is 19.1 Å². The van der Waals surface area contributed by atoms with E-state index in [-0.39, 0.29) is 211 Å². The summed E-state index contributed by atoms with van der Waals surface area (Å²) < 4.78 is 371. The normalized spacial score (nSPS) is 14.5. The number of nitrogens with zero attached hydrogens (tertiary/aromatic N) is 7. The summed E-state index contributed by atoms with van der Waals surface area (Å²) in [5, 5.41) is -3.59. The van der Waals surface area contributed by atoms with Gasteiger partial charge in [-0.1, -0.05) is 23.4 Å². The van der Waals surface area contributed by atoms with Crippen LogP contribution in [0.4, 0.5) is 105 Å². The van der Waals surface area contributed by atoms with Crippen molar-refractivity contribution in [1.29, 1.82) is 0 Å². The smallest absolute Gasteiger partial charge is 1.00 e. The molecule has 0 aliphatic carbocycles. The van der Waals surface area contributed by atoms with Crippen LogP contribution in [0, 0.1) is 0 Å². The van der Waals surface area contributed by atoms with Crippen LogP contribution >= 0.6 is 66.5 Å². The third-order valence-electron chi connectivity index (χ3n) is 18.0. The number of H-pyrrole nitrogens is 1. The Morgan fingerprint density at radius 1 is 0.442 bits per heavy atom. The average Bonchev–Trinajstić information content (AvgIpc) is 1.60. The summed E-state index contributed by atoms with van der Waals surface area (Å²) in [5.41, 5.74) is -14.2. The number of hydrogen-bond donors (Lipinski definition) is 1. The molecule has 0 saturated heterocycles. The number of halogens is 30. The Hall–Kier alpha value is -11.2. The molecule has 11 heterocycles. The Labute approximate surface area is 813 Å². The predicted molar refractivity (Wildman–Crippen MR) is 427 cm³/mol. The average molecular weight is 2250 g/mol. The first kappa shape index (κ1) is 114. The fourth-order valence-electron chi connectivity index (χ4n) is 12.5. The molecule has 1 N–H and O–H groups in total. The molecule has 25 nitrogen and oxygen atoms in total. The Kier molecular flexibility index (Phi) is 37.4. The van der Waals surface area contributed by atoms with Crippen LogP contribution in [0.5, 0.6) is 12.0 Å². The van der Waals surface area contributed by atoms with Gasteiger partial charge in [-0.2, -0.15) is 130 Å². The molecule has 0 amide bonds. The molecule has 8 aromatic heterocycles. The molecule has 4 aromatic carbocycles. The third kappa shape index (κ3) is 29.2. The second-order valence-electron chi connectivity index (χ2n) is 27.1. The summed E-state index contributed by atoms with van der Waals surface area (Å²) in [6.07, 6.45) is -39.2. The predicted octanol–water partition coefficient (Wildman–Crippen LogP) is 19.4. The molecule has 138 heavy (non-hydrogen) atoms. The molecule has 0 fully saturated rings. The molecule has 57 heteroatoms. The van der Waals surface area contributed by atoms with Crippen LogP contribution in [0.25, 0.3) is 45.8 Å². The molecular weight excluding hydrogens is 2200 g/mol. The Morgan fingerprint density at radius 3 is 1.04 bits per heavy atom. The van der Waals surface area contributed by atoms with E-state index in [1.807, 2.05) is 0 Å². The molecule has 3 unspecified atom stereocenters. The third-order valence-corrected chi connectivity index (χ3v) is 18.8. The molecule has 0 bridgehead atoms. The molecule has 0 radical (unpaired) electrons. The number of ether oxygens (including phenoxy) is 6. The van der Waals surface area contributed by atoms with E-state index in [1.165, 1.54) is 75.7 Å². The summed E-state index contributed by atoms with van der Waals surface area (Å²) in [7, 11) is 2.61. The molecule has 734 valence electrons. The number of furan rings is 4. The second-order valence-corrected chi connectivity index (χ2v) is 34.7. The van der Waals surface area contributed by atoms with Crippen LogP contribution in [0.15, 0.2) is 169 Å².